The van der Waals surface area contributed by atoms with Gasteiger partial charge in [-0.15, -0.1) is 0 Å². The Morgan fingerprint density at radius 3 is 2.45 bits per heavy atom. The van der Waals surface area contributed by atoms with Gasteiger partial charge in [0.1, 0.15) is 0 Å². The van der Waals surface area contributed by atoms with Crippen molar-refractivity contribution in [2.24, 2.45) is 5.73 Å². The number of amides is 3. The van der Waals surface area contributed by atoms with Gasteiger partial charge in [-0.05, 0) is 18.4 Å². The van der Waals surface area contributed by atoms with Crippen LogP contribution >= 0.6 is 0 Å². The van der Waals surface area contributed by atoms with E-state index in [0.717, 1.165) is 18.4 Å². The van der Waals surface area contributed by atoms with Crippen LogP contribution in [-0.4, -0.2) is 29.4 Å². The maximum Gasteiger partial charge on any atom is 0.317 e. The molecule has 22 heavy (non-hydrogen) atoms. The highest BCUT2D eigenvalue weighted by atomic mass is 16.2. The molecule has 5 nitrogen and oxygen atoms in total. The van der Waals surface area contributed by atoms with Crippen LogP contribution in [-0.2, 0) is 11.3 Å². The van der Waals surface area contributed by atoms with Crippen LogP contribution in [0.5, 0.6) is 0 Å². The highest BCUT2D eigenvalue weighted by molar-refractivity contribution is 5.77. The van der Waals surface area contributed by atoms with Gasteiger partial charge in [-0.25, -0.2) is 4.79 Å². The monoisotopic (exact) mass is 303 g/mol. The van der Waals surface area contributed by atoms with Crippen molar-refractivity contribution in [1.29, 1.82) is 0 Å². The third kappa shape index (κ3) is 5.39. The predicted molar refractivity (Wildman–Crippen MR) is 86.1 cm³/mol. The van der Waals surface area contributed by atoms with Gasteiger partial charge in [0, 0.05) is 25.6 Å². The van der Waals surface area contributed by atoms with E-state index < -0.39 is 0 Å². The number of carbonyl (C=O) groups is 2. The number of urea groups is 1. The summed E-state index contributed by atoms with van der Waals surface area (Å²) in [5.41, 5.74) is 6.27. The van der Waals surface area contributed by atoms with Crippen LogP contribution in [0.15, 0.2) is 30.3 Å². The second-order valence-electron chi connectivity index (χ2n) is 5.91. The van der Waals surface area contributed by atoms with Gasteiger partial charge in [0.05, 0.1) is 0 Å². The maximum atomic E-state index is 12.5. The first-order valence-corrected chi connectivity index (χ1v) is 8.03. The van der Waals surface area contributed by atoms with E-state index >= 15 is 0 Å². The highest BCUT2D eigenvalue weighted by Crippen LogP contribution is 2.18. The number of nitrogens with zero attached hydrogens (tertiary/aromatic N) is 1. The van der Waals surface area contributed by atoms with Crippen LogP contribution in [0.1, 0.15) is 44.1 Å². The van der Waals surface area contributed by atoms with Crippen molar-refractivity contribution >= 4 is 11.9 Å². The number of carbonyl (C=O) groups excluding carboxylic acids is 2. The smallest absolute Gasteiger partial charge is 0.317 e. The zero-order chi connectivity index (χ0) is 15.8. The molecule has 5 heteroatoms. The highest BCUT2D eigenvalue weighted by Gasteiger charge is 2.20. The zero-order valence-electron chi connectivity index (χ0n) is 13.0. The van der Waals surface area contributed by atoms with Crippen LogP contribution in [0.3, 0.4) is 0 Å². The molecule has 1 saturated carbocycles. The average molecular weight is 303 g/mol. The van der Waals surface area contributed by atoms with E-state index in [9.17, 15) is 9.59 Å². The fourth-order valence-electron chi connectivity index (χ4n) is 2.81. The van der Waals surface area contributed by atoms with Crippen molar-refractivity contribution in [3.63, 3.8) is 0 Å². The predicted octanol–water partition coefficient (Wildman–Crippen LogP) is 2.41. The third-order valence-corrected chi connectivity index (χ3v) is 4.06. The number of primary amides is 1. The van der Waals surface area contributed by atoms with E-state index in [-0.39, 0.29) is 24.4 Å². The van der Waals surface area contributed by atoms with E-state index in [4.69, 9.17) is 5.73 Å². The Labute approximate surface area is 131 Å². The molecule has 0 aromatic heterocycles. The van der Waals surface area contributed by atoms with Gasteiger partial charge < -0.3 is 16.0 Å². The molecule has 0 radical (unpaired) electrons. The Morgan fingerprint density at radius 2 is 1.82 bits per heavy atom. The van der Waals surface area contributed by atoms with Gasteiger partial charge in [-0.2, -0.15) is 0 Å². The van der Waals surface area contributed by atoms with Crippen LogP contribution in [0.25, 0.3) is 0 Å². The molecule has 0 atom stereocenters. The minimum Gasteiger partial charge on any atom is -0.370 e. The summed E-state index contributed by atoms with van der Waals surface area (Å²) in [6, 6.07) is 9.95. The van der Waals surface area contributed by atoms with Gasteiger partial charge >= 0.3 is 6.03 Å². The zero-order valence-corrected chi connectivity index (χ0v) is 13.0. The third-order valence-electron chi connectivity index (χ3n) is 4.06. The molecule has 120 valence electrons. The van der Waals surface area contributed by atoms with Gasteiger partial charge in [0.25, 0.3) is 0 Å². The van der Waals surface area contributed by atoms with Crippen molar-refractivity contribution < 1.29 is 9.59 Å². The molecule has 1 fully saturated rings. The molecule has 0 spiro atoms. The van der Waals surface area contributed by atoms with E-state index in [2.05, 4.69) is 5.32 Å². The number of nitrogens with two attached hydrogens (primary N) is 1. The number of hydrogen-bond donors (Lipinski definition) is 2. The van der Waals surface area contributed by atoms with Crippen molar-refractivity contribution in [2.45, 2.75) is 51.1 Å². The van der Waals surface area contributed by atoms with Gasteiger partial charge in [-0.3, -0.25) is 4.79 Å². The Morgan fingerprint density at radius 1 is 1.14 bits per heavy atom. The van der Waals surface area contributed by atoms with Crippen molar-refractivity contribution in [3.05, 3.63) is 35.9 Å². The molecule has 1 aromatic carbocycles. The fraction of sp³-hybridized carbons (Fsp3) is 0.529. The summed E-state index contributed by atoms with van der Waals surface area (Å²) in [7, 11) is 0. The molecule has 3 N–H and O–H groups in total. The van der Waals surface area contributed by atoms with Crippen LogP contribution in [0.4, 0.5) is 4.79 Å². The standard InChI is InChI=1S/C17H25N3O2/c18-16(21)11-12-20(13-14-7-3-1-4-8-14)17(22)19-15-9-5-2-6-10-15/h1,3-4,7-8,15H,2,5-6,9-13H2,(H2,18,21)(H,19,22). The number of nitrogens with one attached hydrogen (secondary N) is 1. The van der Waals surface area contributed by atoms with E-state index in [1.54, 1.807) is 4.90 Å². The minimum atomic E-state index is -0.386. The maximum absolute atomic E-state index is 12.5. The van der Waals surface area contributed by atoms with E-state index in [1.807, 2.05) is 30.3 Å². The van der Waals surface area contributed by atoms with Crippen LogP contribution in [0.2, 0.25) is 0 Å². The summed E-state index contributed by atoms with van der Waals surface area (Å²) in [5, 5.41) is 3.10. The largest absolute Gasteiger partial charge is 0.370 e. The van der Waals surface area contributed by atoms with Crippen molar-refractivity contribution in [1.82, 2.24) is 10.2 Å². The second-order valence-corrected chi connectivity index (χ2v) is 5.91. The van der Waals surface area contributed by atoms with Crippen LogP contribution < -0.4 is 11.1 Å². The molecular weight excluding hydrogens is 278 g/mol. The van der Waals surface area contributed by atoms with Crippen LogP contribution in [0, 0.1) is 0 Å². The fourth-order valence-corrected chi connectivity index (χ4v) is 2.81. The lowest BCUT2D eigenvalue weighted by Gasteiger charge is -2.28. The summed E-state index contributed by atoms with van der Waals surface area (Å²) >= 11 is 0. The first-order chi connectivity index (χ1) is 10.6. The first-order valence-electron chi connectivity index (χ1n) is 8.03. The molecule has 1 aliphatic rings. The molecule has 0 bridgehead atoms. The molecule has 1 aromatic rings. The summed E-state index contributed by atoms with van der Waals surface area (Å²) in [4.78, 5) is 25.2. The lowest BCUT2D eigenvalue weighted by atomic mass is 9.96. The lowest BCUT2D eigenvalue weighted by molar-refractivity contribution is -0.118. The molecule has 1 aliphatic carbocycles. The Kier molecular flexibility index (Phi) is 6.25. The molecule has 0 aliphatic heterocycles. The van der Waals surface area contributed by atoms with Gasteiger partial charge in [0.15, 0.2) is 0 Å². The average Bonchev–Trinajstić information content (AvgIpc) is 2.53. The molecule has 0 unspecified atom stereocenters. The lowest BCUT2D eigenvalue weighted by Crippen LogP contribution is -2.46. The summed E-state index contributed by atoms with van der Waals surface area (Å²) in [6.07, 6.45) is 5.87. The SMILES string of the molecule is NC(=O)CCN(Cc1ccccc1)C(=O)NC1CCCCC1. The van der Waals surface area contributed by atoms with E-state index in [0.29, 0.717) is 13.1 Å². The first kappa shape index (κ1) is 16.3. The normalized spacial score (nSPS) is 15.3. The summed E-state index contributed by atoms with van der Waals surface area (Å²) in [6.45, 7) is 0.843. The molecule has 0 heterocycles. The summed E-state index contributed by atoms with van der Waals surface area (Å²) < 4.78 is 0. The number of rotatable bonds is 6. The van der Waals surface area contributed by atoms with Gasteiger partial charge in [0.2, 0.25) is 5.91 Å². The minimum absolute atomic E-state index is 0.1000. The Balaban J connectivity index is 1.95. The number of hydrogen-bond acceptors (Lipinski definition) is 2. The van der Waals surface area contributed by atoms with Crippen molar-refractivity contribution in [3.8, 4) is 0 Å². The van der Waals surface area contributed by atoms with E-state index in [1.165, 1.54) is 19.3 Å². The Hall–Kier alpha value is -2.04. The topological polar surface area (TPSA) is 75.4 Å². The number of benzene rings is 1. The summed E-state index contributed by atoms with van der Waals surface area (Å²) in [5.74, 6) is -0.386. The van der Waals surface area contributed by atoms with Crippen molar-refractivity contribution in [2.75, 3.05) is 6.54 Å². The second kappa shape index (κ2) is 8.41. The van der Waals surface area contributed by atoms with Gasteiger partial charge in [-0.1, -0.05) is 49.6 Å². The molecule has 3 amide bonds. The Bertz CT molecular complexity index is 484. The molecular formula is C17H25N3O2. The molecule has 2 rings (SSSR count). The molecule has 0 saturated heterocycles. The quantitative estimate of drug-likeness (QED) is 0.846.